The Balaban J connectivity index is 1.30. The van der Waals surface area contributed by atoms with Gasteiger partial charge in [0.15, 0.2) is 0 Å². The first kappa shape index (κ1) is 21.0. The van der Waals surface area contributed by atoms with E-state index in [1.54, 1.807) is 17.3 Å². The molecule has 2 N–H and O–H groups in total. The number of aliphatic hydroxyl groups excluding tert-OH is 1. The molecule has 1 aliphatic heterocycles. The number of piperidine rings is 1. The van der Waals surface area contributed by atoms with Crippen LogP contribution in [0.5, 0.6) is 0 Å². The second kappa shape index (κ2) is 9.73. The van der Waals surface area contributed by atoms with E-state index >= 15 is 0 Å². The van der Waals surface area contributed by atoms with Crippen LogP contribution in [0.4, 0.5) is 10.5 Å². The number of aliphatic hydroxyl groups is 1. The number of rotatable bonds is 5. The van der Waals surface area contributed by atoms with Crippen LogP contribution in [0.1, 0.15) is 24.6 Å². The van der Waals surface area contributed by atoms with Crippen molar-refractivity contribution in [1.29, 1.82) is 0 Å². The second-order valence-electron chi connectivity index (χ2n) is 7.91. The van der Waals surface area contributed by atoms with Crippen molar-refractivity contribution in [3.63, 3.8) is 0 Å². The summed E-state index contributed by atoms with van der Waals surface area (Å²) in [7, 11) is 1.84. The zero-order valence-corrected chi connectivity index (χ0v) is 17.7. The SMILES string of the molecule is CN(C(=O)Nc1ccc(-c2ccccc2)cc1)C1CCN([C@H](O)c2cccnc2)CC1. The lowest BCUT2D eigenvalue weighted by Crippen LogP contribution is -2.47. The van der Waals surface area contributed by atoms with Crippen molar-refractivity contribution >= 4 is 11.7 Å². The summed E-state index contributed by atoms with van der Waals surface area (Å²) in [6, 6.07) is 21.8. The highest BCUT2D eigenvalue weighted by Crippen LogP contribution is 2.25. The molecule has 1 aliphatic rings. The van der Waals surface area contributed by atoms with Crippen LogP contribution in [-0.2, 0) is 0 Å². The van der Waals surface area contributed by atoms with Crippen LogP contribution in [0.3, 0.4) is 0 Å². The van der Waals surface area contributed by atoms with Gasteiger partial charge in [0.25, 0.3) is 0 Å². The van der Waals surface area contributed by atoms with Crippen molar-refractivity contribution in [2.75, 3.05) is 25.5 Å². The van der Waals surface area contributed by atoms with Gasteiger partial charge in [0.2, 0.25) is 0 Å². The lowest BCUT2D eigenvalue weighted by molar-refractivity contribution is -0.0209. The van der Waals surface area contributed by atoms with Crippen molar-refractivity contribution in [3.8, 4) is 11.1 Å². The Bertz CT molecular complexity index is 971. The molecular formula is C25H28N4O2. The molecule has 2 aromatic carbocycles. The number of hydrogen-bond donors (Lipinski definition) is 2. The van der Waals surface area contributed by atoms with Gasteiger partial charge in [0.05, 0.1) is 0 Å². The summed E-state index contributed by atoms with van der Waals surface area (Å²) in [5.74, 6) is 0. The summed E-state index contributed by atoms with van der Waals surface area (Å²) < 4.78 is 0. The average molecular weight is 417 g/mol. The standard InChI is InChI=1S/C25H28N4O2/c1-28(23-13-16-29(17-14-23)24(30)21-8-5-15-26-18-21)25(31)27-22-11-9-20(10-12-22)19-6-3-2-4-7-19/h2-12,15,18,23-24,30H,13-14,16-17H2,1H3,(H,27,31)/t24-/m1/s1. The smallest absolute Gasteiger partial charge is 0.321 e. The van der Waals surface area contributed by atoms with E-state index in [0.717, 1.165) is 48.3 Å². The molecule has 2 heterocycles. The van der Waals surface area contributed by atoms with Gasteiger partial charge in [0.1, 0.15) is 6.23 Å². The molecule has 2 amide bonds. The number of amides is 2. The maximum absolute atomic E-state index is 12.7. The van der Waals surface area contributed by atoms with Crippen LogP contribution in [-0.4, -0.2) is 52.1 Å². The van der Waals surface area contributed by atoms with Crippen molar-refractivity contribution in [1.82, 2.24) is 14.8 Å². The minimum atomic E-state index is -0.656. The molecule has 0 saturated carbocycles. The Morgan fingerprint density at radius 3 is 2.35 bits per heavy atom. The first-order chi connectivity index (χ1) is 15.1. The fourth-order valence-electron chi connectivity index (χ4n) is 4.01. The highest BCUT2D eigenvalue weighted by Gasteiger charge is 2.28. The molecule has 0 radical (unpaired) electrons. The van der Waals surface area contributed by atoms with Crippen LogP contribution in [0.15, 0.2) is 79.1 Å². The minimum Gasteiger partial charge on any atom is -0.374 e. The topological polar surface area (TPSA) is 68.7 Å². The van der Waals surface area contributed by atoms with Gasteiger partial charge in [-0.2, -0.15) is 0 Å². The van der Waals surface area contributed by atoms with Gasteiger partial charge in [-0.25, -0.2) is 4.79 Å². The molecule has 0 bridgehead atoms. The maximum Gasteiger partial charge on any atom is 0.321 e. The number of benzene rings is 2. The lowest BCUT2D eigenvalue weighted by atomic mass is 10.0. The molecular weight excluding hydrogens is 388 g/mol. The summed E-state index contributed by atoms with van der Waals surface area (Å²) >= 11 is 0. The minimum absolute atomic E-state index is 0.112. The van der Waals surface area contributed by atoms with Gasteiger partial charge < -0.3 is 15.3 Å². The molecule has 6 nitrogen and oxygen atoms in total. The van der Waals surface area contributed by atoms with Crippen LogP contribution < -0.4 is 5.32 Å². The number of anilines is 1. The van der Waals surface area contributed by atoms with Gasteiger partial charge in [-0.15, -0.1) is 0 Å². The number of hydrogen-bond acceptors (Lipinski definition) is 4. The number of pyridine rings is 1. The van der Waals surface area contributed by atoms with E-state index in [0.29, 0.717) is 0 Å². The van der Waals surface area contributed by atoms with Gasteiger partial charge in [-0.05, 0) is 42.2 Å². The van der Waals surface area contributed by atoms with E-state index in [2.05, 4.69) is 22.4 Å². The maximum atomic E-state index is 12.7. The molecule has 0 aliphatic carbocycles. The third-order valence-electron chi connectivity index (χ3n) is 5.94. The molecule has 1 aromatic heterocycles. The van der Waals surface area contributed by atoms with E-state index in [1.807, 2.05) is 66.5 Å². The van der Waals surface area contributed by atoms with Crippen molar-refractivity contribution in [2.24, 2.45) is 0 Å². The van der Waals surface area contributed by atoms with E-state index in [9.17, 15) is 9.90 Å². The number of nitrogens with one attached hydrogen (secondary N) is 1. The number of aromatic nitrogens is 1. The summed E-state index contributed by atoms with van der Waals surface area (Å²) in [6.45, 7) is 1.45. The van der Waals surface area contributed by atoms with Crippen LogP contribution in [0.2, 0.25) is 0 Å². The Hall–Kier alpha value is -3.22. The summed E-state index contributed by atoms with van der Waals surface area (Å²) in [5.41, 5.74) is 3.84. The highest BCUT2D eigenvalue weighted by atomic mass is 16.3. The molecule has 160 valence electrons. The molecule has 1 saturated heterocycles. The van der Waals surface area contributed by atoms with Gasteiger partial charge in [0, 0.05) is 49.8 Å². The largest absolute Gasteiger partial charge is 0.374 e. The summed E-state index contributed by atoms with van der Waals surface area (Å²) in [4.78, 5) is 20.6. The van der Waals surface area contributed by atoms with E-state index in [4.69, 9.17) is 0 Å². The van der Waals surface area contributed by atoms with Gasteiger partial charge >= 0.3 is 6.03 Å². The molecule has 31 heavy (non-hydrogen) atoms. The molecule has 1 atom stereocenters. The van der Waals surface area contributed by atoms with E-state index in [1.165, 1.54) is 0 Å². The summed E-state index contributed by atoms with van der Waals surface area (Å²) in [6.07, 6.45) is 4.37. The van der Waals surface area contributed by atoms with Crippen molar-refractivity contribution in [2.45, 2.75) is 25.1 Å². The Morgan fingerprint density at radius 2 is 1.71 bits per heavy atom. The van der Waals surface area contributed by atoms with Crippen molar-refractivity contribution in [3.05, 3.63) is 84.7 Å². The second-order valence-corrected chi connectivity index (χ2v) is 7.91. The average Bonchev–Trinajstić information content (AvgIpc) is 2.85. The van der Waals surface area contributed by atoms with Crippen LogP contribution in [0.25, 0.3) is 11.1 Å². The number of carbonyl (C=O) groups is 1. The number of urea groups is 1. The Morgan fingerprint density at radius 1 is 1.03 bits per heavy atom. The molecule has 4 rings (SSSR count). The van der Waals surface area contributed by atoms with Crippen LogP contribution >= 0.6 is 0 Å². The number of nitrogens with zero attached hydrogens (tertiary/aromatic N) is 3. The number of likely N-dealkylation sites (tertiary alicyclic amines) is 1. The molecule has 0 unspecified atom stereocenters. The van der Waals surface area contributed by atoms with Crippen LogP contribution in [0, 0.1) is 0 Å². The summed E-state index contributed by atoms with van der Waals surface area (Å²) in [5, 5.41) is 13.6. The van der Waals surface area contributed by atoms with E-state index < -0.39 is 6.23 Å². The normalized spacial score (nSPS) is 15.9. The number of carbonyl (C=O) groups excluding carboxylic acids is 1. The molecule has 0 spiro atoms. The van der Waals surface area contributed by atoms with Gasteiger partial charge in [-0.1, -0.05) is 48.5 Å². The fourth-order valence-corrected chi connectivity index (χ4v) is 4.01. The third-order valence-corrected chi connectivity index (χ3v) is 5.94. The zero-order chi connectivity index (χ0) is 21.6. The molecule has 3 aromatic rings. The highest BCUT2D eigenvalue weighted by molar-refractivity contribution is 5.89. The zero-order valence-electron chi connectivity index (χ0n) is 17.7. The predicted octanol–water partition coefficient (Wildman–Crippen LogP) is 4.37. The third kappa shape index (κ3) is 5.10. The lowest BCUT2D eigenvalue weighted by Gasteiger charge is -2.38. The fraction of sp³-hybridized carbons (Fsp3) is 0.280. The first-order valence-corrected chi connectivity index (χ1v) is 10.6. The first-order valence-electron chi connectivity index (χ1n) is 10.6. The Kier molecular flexibility index (Phi) is 6.60. The monoisotopic (exact) mass is 416 g/mol. The van der Waals surface area contributed by atoms with Gasteiger partial charge in [-0.3, -0.25) is 9.88 Å². The quantitative estimate of drug-likeness (QED) is 0.648. The van der Waals surface area contributed by atoms with E-state index in [-0.39, 0.29) is 12.1 Å². The predicted molar refractivity (Wildman–Crippen MR) is 122 cm³/mol. The van der Waals surface area contributed by atoms with Crippen molar-refractivity contribution < 1.29 is 9.90 Å². The Labute approximate surface area is 183 Å². The molecule has 1 fully saturated rings. The molecule has 6 heteroatoms.